The van der Waals surface area contributed by atoms with Crippen molar-refractivity contribution in [3.05, 3.63) is 65.0 Å². The van der Waals surface area contributed by atoms with Crippen molar-refractivity contribution in [1.29, 1.82) is 0 Å². The summed E-state index contributed by atoms with van der Waals surface area (Å²) in [6, 6.07) is 11.9. The monoisotopic (exact) mass is 526 g/mol. The predicted molar refractivity (Wildman–Crippen MR) is 127 cm³/mol. The Balaban J connectivity index is 0.00000320. The van der Waals surface area contributed by atoms with Crippen molar-refractivity contribution in [2.75, 3.05) is 13.7 Å². The first kappa shape index (κ1) is 23.9. The third-order valence-electron chi connectivity index (χ3n) is 4.90. The number of aliphatic imine (C=N–C) groups is 1. The summed E-state index contributed by atoms with van der Waals surface area (Å²) in [5.41, 5.74) is 7.50. The third kappa shape index (κ3) is 6.86. The average Bonchev–Trinajstić information content (AvgIpc) is 3.54. The summed E-state index contributed by atoms with van der Waals surface area (Å²) >= 11 is 0. The molecule has 0 bridgehead atoms. The van der Waals surface area contributed by atoms with Crippen LogP contribution in [0.2, 0.25) is 0 Å². The molecule has 1 unspecified atom stereocenters. The summed E-state index contributed by atoms with van der Waals surface area (Å²) in [4.78, 5) is 15.3. The number of nitrogens with zero attached hydrogens (tertiary/aromatic N) is 1. The molecule has 2 aromatic rings. The topological polar surface area (TPSA) is 88.7 Å². The van der Waals surface area contributed by atoms with Gasteiger partial charge in [-0.15, -0.1) is 24.0 Å². The van der Waals surface area contributed by atoms with Crippen LogP contribution in [0.1, 0.15) is 47.3 Å². The molecule has 1 amide bonds. The first-order valence-electron chi connectivity index (χ1n) is 9.74. The number of amides is 1. The van der Waals surface area contributed by atoms with E-state index in [1.54, 1.807) is 25.2 Å². The summed E-state index contributed by atoms with van der Waals surface area (Å²) < 4.78 is 19.9. The Bertz CT molecular complexity index is 885. The van der Waals surface area contributed by atoms with E-state index in [9.17, 15) is 9.18 Å². The molecule has 2 aromatic carbocycles. The van der Waals surface area contributed by atoms with Gasteiger partial charge in [0.2, 0.25) is 5.91 Å². The Morgan fingerprint density at radius 2 is 1.97 bits per heavy atom. The zero-order chi connectivity index (χ0) is 20.8. The van der Waals surface area contributed by atoms with Crippen molar-refractivity contribution in [2.24, 2.45) is 16.6 Å². The van der Waals surface area contributed by atoms with E-state index in [1.807, 2.05) is 25.1 Å². The zero-order valence-corrected chi connectivity index (χ0v) is 19.5. The van der Waals surface area contributed by atoms with E-state index in [0.29, 0.717) is 36.3 Å². The largest absolute Gasteiger partial charge is 0.490 e. The molecular formula is C22H28FIN4O2. The standard InChI is InChI=1S/C22H27FN4O2.HI/c1-14(18-9-10-20(19(23)11-18)29-13-16-3-4-16)27-22(25-2)26-12-15-5-7-17(8-6-15)21(24)28;/h5-11,14,16H,3-4,12-13H2,1-2H3,(H2,24,28)(H2,25,26,27);1H. The maximum absolute atomic E-state index is 14.3. The molecule has 1 aliphatic rings. The van der Waals surface area contributed by atoms with E-state index in [2.05, 4.69) is 15.6 Å². The second-order valence-electron chi connectivity index (χ2n) is 7.30. The minimum atomic E-state index is -0.452. The number of carbonyl (C=O) groups is 1. The van der Waals surface area contributed by atoms with Gasteiger partial charge in [0.15, 0.2) is 17.5 Å². The van der Waals surface area contributed by atoms with Gasteiger partial charge in [0.05, 0.1) is 12.6 Å². The smallest absolute Gasteiger partial charge is 0.248 e. The molecule has 3 rings (SSSR count). The van der Waals surface area contributed by atoms with E-state index in [-0.39, 0.29) is 35.8 Å². The van der Waals surface area contributed by atoms with Crippen molar-refractivity contribution < 1.29 is 13.9 Å². The predicted octanol–water partition coefficient (Wildman–Crippen LogP) is 3.76. The molecule has 4 N–H and O–H groups in total. The molecular weight excluding hydrogens is 498 g/mol. The molecule has 162 valence electrons. The second kappa shape index (κ2) is 11.1. The highest BCUT2D eigenvalue weighted by Gasteiger charge is 2.22. The van der Waals surface area contributed by atoms with Gasteiger partial charge in [0, 0.05) is 19.2 Å². The minimum absolute atomic E-state index is 0. The number of hydrogen-bond acceptors (Lipinski definition) is 3. The van der Waals surface area contributed by atoms with Gasteiger partial charge in [-0.2, -0.15) is 0 Å². The van der Waals surface area contributed by atoms with Gasteiger partial charge in [-0.25, -0.2) is 4.39 Å². The van der Waals surface area contributed by atoms with Crippen LogP contribution in [0.4, 0.5) is 4.39 Å². The fraction of sp³-hybridized carbons (Fsp3) is 0.364. The fourth-order valence-electron chi connectivity index (χ4n) is 2.85. The van der Waals surface area contributed by atoms with Gasteiger partial charge in [-0.1, -0.05) is 18.2 Å². The summed E-state index contributed by atoms with van der Waals surface area (Å²) in [7, 11) is 1.67. The van der Waals surface area contributed by atoms with Crippen molar-refractivity contribution in [3.8, 4) is 5.75 Å². The van der Waals surface area contributed by atoms with Crippen LogP contribution in [0.25, 0.3) is 0 Å². The number of rotatable bonds is 8. The molecule has 1 saturated carbocycles. The first-order chi connectivity index (χ1) is 14.0. The zero-order valence-electron chi connectivity index (χ0n) is 17.2. The van der Waals surface area contributed by atoms with Crippen molar-refractivity contribution >= 4 is 35.8 Å². The highest BCUT2D eigenvalue weighted by atomic mass is 127. The quantitative estimate of drug-likeness (QED) is 0.278. The summed E-state index contributed by atoms with van der Waals surface area (Å²) in [6.45, 7) is 3.04. The second-order valence-corrected chi connectivity index (χ2v) is 7.30. The van der Waals surface area contributed by atoms with Gasteiger partial charge in [-0.3, -0.25) is 9.79 Å². The molecule has 0 aliphatic heterocycles. The highest BCUT2D eigenvalue weighted by molar-refractivity contribution is 14.0. The van der Waals surface area contributed by atoms with Crippen LogP contribution in [0, 0.1) is 11.7 Å². The van der Waals surface area contributed by atoms with Gasteiger partial charge in [0.1, 0.15) is 0 Å². The van der Waals surface area contributed by atoms with E-state index in [0.717, 1.165) is 11.1 Å². The van der Waals surface area contributed by atoms with Gasteiger partial charge < -0.3 is 21.1 Å². The third-order valence-corrected chi connectivity index (χ3v) is 4.90. The number of hydrogen-bond donors (Lipinski definition) is 3. The lowest BCUT2D eigenvalue weighted by molar-refractivity contribution is 0.100. The molecule has 1 atom stereocenters. The Kier molecular flexibility index (Phi) is 8.88. The normalized spacial score (nSPS) is 14.4. The van der Waals surface area contributed by atoms with Crippen molar-refractivity contribution in [3.63, 3.8) is 0 Å². The van der Waals surface area contributed by atoms with Crippen LogP contribution < -0.4 is 21.1 Å². The summed E-state index contributed by atoms with van der Waals surface area (Å²) in [5.74, 6) is 0.665. The maximum Gasteiger partial charge on any atom is 0.248 e. The Hall–Kier alpha value is -2.36. The van der Waals surface area contributed by atoms with E-state index < -0.39 is 5.91 Å². The molecule has 8 heteroatoms. The van der Waals surface area contributed by atoms with Crippen molar-refractivity contribution in [2.45, 2.75) is 32.4 Å². The molecule has 30 heavy (non-hydrogen) atoms. The van der Waals surface area contributed by atoms with E-state index >= 15 is 0 Å². The molecule has 6 nitrogen and oxygen atoms in total. The molecule has 0 saturated heterocycles. The van der Waals surface area contributed by atoms with E-state index in [1.165, 1.54) is 18.9 Å². The number of nitrogens with two attached hydrogens (primary N) is 1. The SMILES string of the molecule is CN=C(NCc1ccc(C(N)=O)cc1)NC(C)c1ccc(OCC2CC2)c(F)c1.I. The Morgan fingerprint density at radius 1 is 1.27 bits per heavy atom. The Morgan fingerprint density at radius 3 is 2.53 bits per heavy atom. The molecule has 1 aliphatic carbocycles. The van der Waals surface area contributed by atoms with Crippen LogP contribution in [0.5, 0.6) is 5.75 Å². The molecule has 0 aromatic heterocycles. The maximum atomic E-state index is 14.3. The minimum Gasteiger partial charge on any atom is -0.490 e. The van der Waals surface area contributed by atoms with Crippen LogP contribution in [-0.2, 0) is 6.54 Å². The lowest BCUT2D eigenvalue weighted by Gasteiger charge is -2.19. The first-order valence-corrected chi connectivity index (χ1v) is 9.74. The number of benzene rings is 2. The van der Waals surface area contributed by atoms with Gasteiger partial charge in [-0.05, 0) is 61.1 Å². The van der Waals surface area contributed by atoms with Crippen LogP contribution >= 0.6 is 24.0 Å². The summed E-state index contributed by atoms with van der Waals surface area (Å²) in [5, 5.41) is 6.45. The molecule has 1 fully saturated rings. The lowest BCUT2D eigenvalue weighted by atomic mass is 10.1. The number of nitrogens with one attached hydrogen (secondary N) is 2. The van der Waals surface area contributed by atoms with Crippen LogP contribution in [0.15, 0.2) is 47.5 Å². The lowest BCUT2D eigenvalue weighted by Crippen LogP contribution is -2.38. The van der Waals surface area contributed by atoms with Crippen LogP contribution in [-0.4, -0.2) is 25.5 Å². The average molecular weight is 526 g/mol. The number of carbonyl (C=O) groups excluding carboxylic acids is 1. The fourth-order valence-corrected chi connectivity index (χ4v) is 2.85. The van der Waals surface area contributed by atoms with Crippen LogP contribution in [0.3, 0.4) is 0 Å². The molecule has 0 spiro atoms. The van der Waals surface area contributed by atoms with Crippen molar-refractivity contribution in [1.82, 2.24) is 10.6 Å². The highest BCUT2D eigenvalue weighted by Crippen LogP contribution is 2.30. The van der Waals surface area contributed by atoms with E-state index in [4.69, 9.17) is 10.5 Å². The number of primary amides is 1. The number of ether oxygens (including phenoxy) is 1. The molecule has 0 radical (unpaired) electrons. The Labute approximate surface area is 193 Å². The van der Waals surface area contributed by atoms with Gasteiger partial charge >= 0.3 is 0 Å². The number of guanidine groups is 1. The summed E-state index contributed by atoms with van der Waals surface area (Å²) in [6.07, 6.45) is 2.34. The molecule has 0 heterocycles. The van der Waals surface area contributed by atoms with Gasteiger partial charge in [0.25, 0.3) is 0 Å². The number of halogens is 2.